The van der Waals surface area contributed by atoms with E-state index in [0.29, 0.717) is 5.56 Å². The van der Waals surface area contributed by atoms with E-state index in [0.717, 1.165) is 10.6 Å². The summed E-state index contributed by atoms with van der Waals surface area (Å²) in [7, 11) is 0. The molecule has 0 radical (unpaired) electrons. The minimum absolute atomic E-state index is 0.114. The van der Waals surface area contributed by atoms with Gasteiger partial charge in [0.2, 0.25) is 5.71 Å². The Hall–Kier alpha value is -0.980. The Morgan fingerprint density at radius 1 is 1.27 bits per heavy atom. The number of carbonyl (C=O) groups excluding carboxylic acids is 1. The van der Waals surface area contributed by atoms with Crippen LogP contribution in [0.2, 0.25) is 0 Å². The Morgan fingerprint density at radius 3 is 2.32 bits per heavy atom. The molecule has 1 aromatic rings. The van der Waals surface area contributed by atoms with Crippen LogP contribution in [0.3, 0.4) is 0 Å². The number of thioether (sulfide) groups is 1. The number of carbonyl (C=O) groups is 1. The van der Waals surface area contributed by atoms with Gasteiger partial charge in [-0.3, -0.25) is 0 Å². The van der Waals surface area contributed by atoms with E-state index >= 15 is 0 Å². The number of rotatable bonds is 6. The summed E-state index contributed by atoms with van der Waals surface area (Å²) in [6.45, 7) is 9.51. The molecule has 0 amide bonds. The molecule has 1 atom stereocenters. The predicted molar refractivity (Wildman–Crippen MR) is 93.9 cm³/mol. The third kappa shape index (κ3) is 5.66. The number of esters is 1. The Kier molecular flexibility index (Phi) is 7.45. The summed E-state index contributed by atoms with van der Waals surface area (Å²) in [5.74, 6) is 0.433. The fraction of sp³-hybridized carbons (Fsp3) is 0.500. The van der Waals surface area contributed by atoms with Crippen molar-refractivity contribution in [2.75, 3.05) is 12.4 Å². The van der Waals surface area contributed by atoms with Crippen molar-refractivity contribution in [3.8, 4) is 0 Å². The second kappa shape index (κ2) is 8.60. The Balaban J connectivity index is 3.15. The number of nitrogens with zero attached hydrogens (tertiary/aromatic N) is 1. The maximum atomic E-state index is 12.2. The van der Waals surface area contributed by atoms with Crippen molar-refractivity contribution in [1.29, 1.82) is 0 Å². The van der Waals surface area contributed by atoms with Gasteiger partial charge in [0.25, 0.3) is 0 Å². The average Bonchev–Trinajstić information content (AvgIpc) is 2.45. The molecule has 0 aliphatic rings. The first-order valence-corrected chi connectivity index (χ1v) is 9.29. The fourth-order valence-electron chi connectivity index (χ4n) is 1.50. The predicted octanol–water partition coefficient (Wildman–Crippen LogP) is 3.61. The lowest BCUT2D eigenvalue weighted by Crippen LogP contribution is -2.29. The maximum Gasteiger partial charge on any atom is 0.362 e. The van der Waals surface area contributed by atoms with Crippen molar-refractivity contribution < 1.29 is 14.1 Å². The zero-order chi connectivity index (χ0) is 16.8. The van der Waals surface area contributed by atoms with Gasteiger partial charge >= 0.3 is 5.97 Å². The first-order valence-electron chi connectivity index (χ1n) is 7.20. The third-order valence-corrected chi connectivity index (χ3v) is 4.90. The van der Waals surface area contributed by atoms with E-state index in [1.807, 2.05) is 45.0 Å². The van der Waals surface area contributed by atoms with Gasteiger partial charge in [-0.15, -0.1) is 11.8 Å². The van der Waals surface area contributed by atoms with Crippen LogP contribution in [-0.4, -0.2) is 33.3 Å². The molecule has 1 unspecified atom stereocenters. The van der Waals surface area contributed by atoms with Crippen LogP contribution in [0.1, 0.15) is 40.2 Å². The normalized spacial score (nSPS) is 13.8. The van der Waals surface area contributed by atoms with E-state index in [9.17, 15) is 9.35 Å². The number of benzene rings is 1. The van der Waals surface area contributed by atoms with Gasteiger partial charge in [0.15, 0.2) is 0 Å². The summed E-state index contributed by atoms with van der Waals surface area (Å²) in [4.78, 5) is 13.2. The second-order valence-corrected chi connectivity index (χ2v) is 8.72. The van der Waals surface area contributed by atoms with Gasteiger partial charge in [-0.1, -0.05) is 23.5 Å². The molecule has 4 nitrogen and oxygen atoms in total. The Labute approximate surface area is 140 Å². The van der Waals surface area contributed by atoms with Crippen molar-refractivity contribution in [1.82, 2.24) is 0 Å². The zero-order valence-electron chi connectivity index (χ0n) is 13.7. The summed E-state index contributed by atoms with van der Waals surface area (Å²) >= 11 is 0.198. The van der Waals surface area contributed by atoms with Gasteiger partial charge in [-0.25, -0.2) is 4.79 Å². The van der Waals surface area contributed by atoms with Crippen LogP contribution < -0.4 is 0 Å². The number of hydrogen-bond acceptors (Lipinski definition) is 5. The highest BCUT2D eigenvalue weighted by atomic mass is 32.2. The minimum Gasteiger partial charge on any atom is -0.591 e. The quantitative estimate of drug-likeness (QED) is 0.343. The van der Waals surface area contributed by atoms with Gasteiger partial charge in [0.05, 0.1) is 6.61 Å². The highest BCUT2D eigenvalue weighted by Crippen LogP contribution is 2.21. The second-order valence-electron chi connectivity index (χ2n) is 5.48. The van der Waals surface area contributed by atoms with Crippen LogP contribution in [-0.2, 0) is 20.9 Å². The minimum atomic E-state index is -1.52. The summed E-state index contributed by atoms with van der Waals surface area (Å²) in [5, 5.41) is 0. The molecule has 0 saturated carbocycles. The summed E-state index contributed by atoms with van der Waals surface area (Å²) in [5.41, 5.74) is 0.736. The molecule has 0 N–H and O–H groups in total. The highest BCUT2D eigenvalue weighted by Gasteiger charge is 2.29. The van der Waals surface area contributed by atoms with E-state index in [1.165, 1.54) is 0 Å². The lowest BCUT2D eigenvalue weighted by atomic mass is 10.1. The van der Waals surface area contributed by atoms with Crippen LogP contribution in [0.5, 0.6) is 0 Å². The SMILES string of the molecule is CCOC(=O)C(=N[S+]([O-])C(C)(C)C)c1ccc(SCC)cc1. The zero-order valence-corrected chi connectivity index (χ0v) is 15.3. The van der Waals surface area contributed by atoms with E-state index in [4.69, 9.17) is 4.74 Å². The standard InChI is InChI=1S/C16H23NO3S2/c1-6-20-15(18)14(17-22(19)16(3,4)5)12-8-10-13(11-9-12)21-7-2/h8-11H,6-7H2,1-5H3. The molecule has 0 saturated heterocycles. The van der Waals surface area contributed by atoms with Crippen molar-refractivity contribution in [2.24, 2.45) is 4.40 Å². The monoisotopic (exact) mass is 341 g/mol. The van der Waals surface area contributed by atoms with E-state index in [1.54, 1.807) is 18.7 Å². The molecular weight excluding hydrogens is 318 g/mol. The summed E-state index contributed by atoms with van der Waals surface area (Å²) < 4.78 is 20.9. The lowest BCUT2D eigenvalue weighted by molar-refractivity contribution is -0.134. The molecule has 0 spiro atoms. The summed E-state index contributed by atoms with van der Waals surface area (Å²) in [6, 6.07) is 7.48. The van der Waals surface area contributed by atoms with Crippen LogP contribution in [0.25, 0.3) is 0 Å². The highest BCUT2D eigenvalue weighted by molar-refractivity contribution is 7.99. The third-order valence-electron chi connectivity index (χ3n) is 2.61. The molecule has 1 aromatic carbocycles. The molecule has 0 aliphatic carbocycles. The molecule has 0 fully saturated rings. The van der Waals surface area contributed by atoms with Crippen molar-refractivity contribution >= 4 is 34.8 Å². The molecule has 0 heterocycles. The van der Waals surface area contributed by atoms with Crippen molar-refractivity contribution in [3.63, 3.8) is 0 Å². The van der Waals surface area contributed by atoms with Crippen LogP contribution in [0.15, 0.2) is 33.6 Å². The van der Waals surface area contributed by atoms with Gasteiger partial charge < -0.3 is 9.29 Å². The topological polar surface area (TPSA) is 61.7 Å². The molecule has 6 heteroatoms. The van der Waals surface area contributed by atoms with E-state index in [-0.39, 0.29) is 12.3 Å². The van der Waals surface area contributed by atoms with Gasteiger partial charge in [-0.05, 0) is 45.6 Å². The average molecular weight is 341 g/mol. The maximum absolute atomic E-state index is 12.2. The molecule has 122 valence electrons. The van der Waals surface area contributed by atoms with Crippen LogP contribution >= 0.6 is 11.8 Å². The molecular formula is C16H23NO3S2. The van der Waals surface area contributed by atoms with E-state index < -0.39 is 22.1 Å². The first-order chi connectivity index (χ1) is 10.3. The van der Waals surface area contributed by atoms with Gasteiger partial charge in [0.1, 0.15) is 16.1 Å². The first kappa shape index (κ1) is 19.1. The van der Waals surface area contributed by atoms with Gasteiger partial charge in [0, 0.05) is 10.5 Å². The largest absolute Gasteiger partial charge is 0.591 e. The molecule has 22 heavy (non-hydrogen) atoms. The Morgan fingerprint density at radius 2 is 1.86 bits per heavy atom. The molecule has 0 aliphatic heterocycles. The van der Waals surface area contributed by atoms with Crippen LogP contribution in [0.4, 0.5) is 0 Å². The lowest BCUT2D eigenvalue weighted by Gasteiger charge is -2.19. The summed E-state index contributed by atoms with van der Waals surface area (Å²) in [6.07, 6.45) is 0. The van der Waals surface area contributed by atoms with Gasteiger partial charge in [-0.2, -0.15) is 0 Å². The van der Waals surface area contributed by atoms with Crippen LogP contribution in [0, 0.1) is 0 Å². The number of hydrogen-bond donors (Lipinski definition) is 0. The van der Waals surface area contributed by atoms with Crippen molar-refractivity contribution in [3.05, 3.63) is 29.8 Å². The molecule has 1 rings (SSSR count). The fourth-order valence-corrected chi connectivity index (χ4v) is 2.78. The Bertz CT molecular complexity index is 521. The molecule has 0 bridgehead atoms. The number of ether oxygens (including phenoxy) is 1. The van der Waals surface area contributed by atoms with Crippen molar-refractivity contribution in [2.45, 2.75) is 44.3 Å². The smallest absolute Gasteiger partial charge is 0.362 e. The van der Waals surface area contributed by atoms with E-state index in [2.05, 4.69) is 11.3 Å². The molecule has 0 aromatic heterocycles.